The quantitative estimate of drug-likeness (QED) is 0.770. The lowest BCUT2D eigenvalue weighted by Crippen LogP contribution is -2.10. The molecule has 1 atom stereocenters. The van der Waals surface area contributed by atoms with Crippen molar-refractivity contribution >= 4 is 5.97 Å². The standard InChI is InChI=1S/C12H15NO2/c1-5-10(6-2)13-8(3)7-11(9(13)4)12(14)15/h1,7,10H,6H2,2-4H3,(H,14,15). The first-order valence-corrected chi connectivity index (χ1v) is 4.90. The Morgan fingerprint density at radius 1 is 1.67 bits per heavy atom. The van der Waals surface area contributed by atoms with Crippen molar-refractivity contribution in [3.05, 3.63) is 23.0 Å². The Bertz CT molecular complexity index is 424. The van der Waals surface area contributed by atoms with E-state index < -0.39 is 5.97 Å². The lowest BCUT2D eigenvalue weighted by molar-refractivity contribution is 0.0696. The van der Waals surface area contributed by atoms with Crippen molar-refractivity contribution in [1.82, 2.24) is 4.57 Å². The van der Waals surface area contributed by atoms with Gasteiger partial charge < -0.3 is 9.67 Å². The third-order valence-corrected chi connectivity index (χ3v) is 2.61. The molecule has 1 unspecified atom stereocenters. The zero-order valence-electron chi connectivity index (χ0n) is 9.24. The summed E-state index contributed by atoms with van der Waals surface area (Å²) in [6.45, 7) is 5.65. The second-order valence-corrected chi connectivity index (χ2v) is 3.55. The predicted octanol–water partition coefficient (Wildman–Crippen LogP) is 2.39. The van der Waals surface area contributed by atoms with Gasteiger partial charge in [-0.15, -0.1) is 6.42 Å². The van der Waals surface area contributed by atoms with Gasteiger partial charge in [0.25, 0.3) is 0 Å². The van der Waals surface area contributed by atoms with Crippen LogP contribution in [0.1, 0.15) is 41.1 Å². The van der Waals surface area contributed by atoms with Crippen LogP contribution in [0.15, 0.2) is 6.07 Å². The molecule has 0 aliphatic rings. The fraction of sp³-hybridized carbons (Fsp3) is 0.417. The maximum Gasteiger partial charge on any atom is 0.337 e. The number of aromatic carboxylic acids is 1. The summed E-state index contributed by atoms with van der Waals surface area (Å²) < 4.78 is 1.91. The molecule has 15 heavy (non-hydrogen) atoms. The van der Waals surface area contributed by atoms with Gasteiger partial charge in [0.05, 0.1) is 11.6 Å². The average molecular weight is 205 g/mol. The third kappa shape index (κ3) is 1.89. The van der Waals surface area contributed by atoms with Crippen LogP contribution in [-0.4, -0.2) is 15.6 Å². The van der Waals surface area contributed by atoms with Crippen LogP contribution in [0.25, 0.3) is 0 Å². The lowest BCUT2D eigenvalue weighted by Gasteiger charge is -2.15. The van der Waals surface area contributed by atoms with Gasteiger partial charge in [0.15, 0.2) is 0 Å². The molecule has 0 fully saturated rings. The Morgan fingerprint density at radius 3 is 2.60 bits per heavy atom. The van der Waals surface area contributed by atoms with E-state index in [9.17, 15) is 4.79 Å². The lowest BCUT2D eigenvalue weighted by atomic mass is 10.2. The van der Waals surface area contributed by atoms with Gasteiger partial charge in [-0.3, -0.25) is 0 Å². The highest BCUT2D eigenvalue weighted by atomic mass is 16.4. The SMILES string of the molecule is C#CC(CC)n1c(C)cc(C(=O)O)c1C. The number of hydrogen-bond donors (Lipinski definition) is 1. The molecule has 0 aromatic carbocycles. The molecule has 0 amide bonds. The minimum atomic E-state index is -0.902. The minimum Gasteiger partial charge on any atom is -0.478 e. The fourth-order valence-electron chi connectivity index (χ4n) is 1.85. The maximum absolute atomic E-state index is 10.9. The molecular formula is C12H15NO2. The number of aromatic nitrogens is 1. The van der Waals surface area contributed by atoms with Gasteiger partial charge in [-0.2, -0.15) is 0 Å². The zero-order chi connectivity index (χ0) is 11.6. The van der Waals surface area contributed by atoms with Crippen LogP contribution in [0.2, 0.25) is 0 Å². The van der Waals surface area contributed by atoms with E-state index in [1.165, 1.54) is 0 Å². The Labute approximate surface area is 89.7 Å². The summed E-state index contributed by atoms with van der Waals surface area (Å²) >= 11 is 0. The molecule has 1 rings (SSSR count). The highest BCUT2D eigenvalue weighted by molar-refractivity contribution is 5.89. The summed E-state index contributed by atoms with van der Waals surface area (Å²) in [5.41, 5.74) is 1.96. The monoisotopic (exact) mass is 205 g/mol. The number of terminal acetylenes is 1. The molecule has 1 aromatic heterocycles. The van der Waals surface area contributed by atoms with Gasteiger partial charge >= 0.3 is 5.97 Å². The van der Waals surface area contributed by atoms with E-state index in [1.807, 2.05) is 18.4 Å². The van der Waals surface area contributed by atoms with E-state index in [4.69, 9.17) is 11.5 Å². The van der Waals surface area contributed by atoms with Crippen molar-refractivity contribution in [3.63, 3.8) is 0 Å². The second-order valence-electron chi connectivity index (χ2n) is 3.55. The van der Waals surface area contributed by atoms with Crippen LogP contribution in [0.4, 0.5) is 0 Å². The van der Waals surface area contributed by atoms with Crippen molar-refractivity contribution in [2.75, 3.05) is 0 Å². The van der Waals surface area contributed by atoms with Crippen molar-refractivity contribution < 1.29 is 9.90 Å². The number of rotatable bonds is 3. The zero-order valence-corrected chi connectivity index (χ0v) is 9.24. The fourth-order valence-corrected chi connectivity index (χ4v) is 1.85. The summed E-state index contributed by atoms with van der Waals surface area (Å²) in [7, 11) is 0. The molecule has 0 aliphatic heterocycles. The summed E-state index contributed by atoms with van der Waals surface area (Å²) in [6, 6.07) is 1.61. The first-order valence-electron chi connectivity index (χ1n) is 4.90. The molecular weight excluding hydrogens is 190 g/mol. The number of aryl methyl sites for hydroxylation is 1. The molecule has 0 radical (unpaired) electrons. The van der Waals surface area contributed by atoms with Gasteiger partial charge in [-0.05, 0) is 26.3 Å². The second kappa shape index (κ2) is 4.22. The predicted molar refractivity (Wildman–Crippen MR) is 59.0 cm³/mol. The third-order valence-electron chi connectivity index (χ3n) is 2.61. The van der Waals surface area contributed by atoms with Gasteiger partial charge in [-0.25, -0.2) is 4.79 Å². The van der Waals surface area contributed by atoms with Gasteiger partial charge in [0.1, 0.15) is 0 Å². The Balaban J connectivity index is 3.31. The van der Waals surface area contributed by atoms with E-state index in [0.717, 1.165) is 17.8 Å². The van der Waals surface area contributed by atoms with Crippen LogP contribution >= 0.6 is 0 Å². The van der Waals surface area contributed by atoms with Crippen molar-refractivity contribution in [3.8, 4) is 12.3 Å². The first kappa shape index (κ1) is 11.4. The van der Waals surface area contributed by atoms with Crippen molar-refractivity contribution in [2.24, 2.45) is 0 Å². The Hall–Kier alpha value is -1.69. The summed E-state index contributed by atoms with van der Waals surface area (Å²) in [5.74, 6) is 1.77. The van der Waals surface area contributed by atoms with Crippen molar-refractivity contribution in [1.29, 1.82) is 0 Å². The molecule has 0 aliphatic carbocycles. The molecule has 1 aromatic rings. The molecule has 0 bridgehead atoms. The van der Waals surface area contributed by atoms with E-state index in [1.54, 1.807) is 13.0 Å². The van der Waals surface area contributed by atoms with Crippen LogP contribution in [0.5, 0.6) is 0 Å². The number of nitrogens with zero attached hydrogens (tertiary/aromatic N) is 1. The van der Waals surface area contributed by atoms with Gasteiger partial charge in [-0.1, -0.05) is 12.8 Å². The van der Waals surface area contributed by atoms with E-state index in [0.29, 0.717) is 5.56 Å². The van der Waals surface area contributed by atoms with Crippen LogP contribution in [0.3, 0.4) is 0 Å². The van der Waals surface area contributed by atoms with Crippen molar-refractivity contribution in [2.45, 2.75) is 33.2 Å². The van der Waals surface area contributed by atoms with Crippen LogP contribution in [0, 0.1) is 26.2 Å². The highest BCUT2D eigenvalue weighted by Gasteiger charge is 2.17. The number of carboxylic acids is 1. The van der Waals surface area contributed by atoms with E-state index >= 15 is 0 Å². The molecule has 0 spiro atoms. The number of hydrogen-bond acceptors (Lipinski definition) is 1. The molecule has 3 nitrogen and oxygen atoms in total. The molecule has 1 N–H and O–H groups in total. The minimum absolute atomic E-state index is 0.0573. The van der Waals surface area contributed by atoms with E-state index in [2.05, 4.69) is 5.92 Å². The normalized spacial score (nSPS) is 12.1. The van der Waals surface area contributed by atoms with Gasteiger partial charge in [0.2, 0.25) is 0 Å². The first-order chi connectivity index (χ1) is 7.02. The number of carboxylic acid groups (broad SMARTS) is 1. The smallest absolute Gasteiger partial charge is 0.337 e. The molecule has 0 saturated heterocycles. The molecule has 80 valence electrons. The van der Waals surface area contributed by atoms with Gasteiger partial charge in [0, 0.05) is 11.4 Å². The summed E-state index contributed by atoms with van der Waals surface area (Å²) in [4.78, 5) is 10.9. The summed E-state index contributed by atoms with van der Waals surface area (Å²) in [6.07, 6.45) is 6.22. The van der Waals surface area contributed by atoms with Crippen LogP contribution < -0.4 is 0 Å². The van der Waals surface area contributed by atoms with E-state index in [-0.39, 0.29) is 6.04 Å². The molecule has 3 heteroatoms. The largest absolute Gasteiger partial charge is 0.478 e. The highest BCUT2D eigenvalue weighted by Crippen LogP contribution is 2.22. The number of carbonyl (C=O) groups is 1. The average Bonchev–Trinajstić information content (AvgIpc) is 2.47. The molecule has 1 heterocycles. The van der Waals surface area contributed by atoms with Crippen LogP contribution in [-0.2, 0) is 0 Å². The summed E-state index contributed by atoms with van der Waals surface area (Å²) in [5, 5.41) is 8.97. The maximum atomic E-state index is 10.9. The molecule has 0 saturated carbocycles. The topological polar surface area (TPSA) is 42.2 Å². The Kier molecular flexibility index (Phi) is 3.21. The Morgan fingerprint density at radius 2 is 2.27 bits per heavy atom.